The summed E-state index contributed by atoms with van der Waals surface area (Å²) in [7, 11) is 1.55. The van der Waals surface area contributed by atoms with Crippen LogP contribution in [0.15, 0.2) is 29.3 Å². The molecule has 1 N–H and O–H groups in total. The van der Waals surface area contributed by atoms with Gasteiger partial charge in [0.05, 0.1) is 12.8 Å². The van der Waals surface area contributed by atoms with Gasteiger partial charge in [-0.1, -0.05) is 39.0 Å². The number of carbonyl (C=O) groups excluding carboxylic acids is 1. The van der Waals surface area contributed by atoms with Crippen molar-refractivity contribution in [2.24, 2.45) is 21.7 Å². The van der Waals surface area contributed by atoms with Gasteiger partial charge in [0.15, 0.2) is 6.04 Å². The highest BCUT2D eigenvalue weighted by molar-refractivity contribution is 6.03. The topological polar surface area (TPSA) is 68.1 Å². The SMILES string of the molecule is COc1ccccc1[C@@H](O)[C@@H]1N=C2[C@H](OC1=O)[C@H]1CC[C@]2(C)C1(C)C. The number of carbonyl (C=O) groups is 1. The number of aliphatic imine (C=N–C) groups is 1. The average Bonchev–Trinajstić information content (AvgIpc) is 2.92. The standard InChI is InChI=1S/C20H25NO4/c1-19(2)12-9-10-20(19,3)17-16(12)25-18(23)14(21-17)15(22)11-7-5-6-8-13(11)24-4/h5-8,12,14-16,22H,9-10H2,1-4H3/t12-,14+,15-,16-,20+/m1/s1. The van der Waals surface area contributed by atoms with Crippen LogP contribution >= 0.6 is 0 Å². The number of aliphatic hydroxyl groups excluding tert-OH is 1. The predicted octanol–water partition coefficient (Wildman–Crippen LogP) is 2.92. The van der Waals surface area contributed by atoms with Crippen LogP contribution in [0, 0.1) is 16.7 Å². The molecule has 3 aliphatic rings. The van der Waals surface area contributed by atoms with E-state index in [1.807, 2.05) is 12.1 Å². The molecule has 2 bridgehead atoms. The minimum absolute atomic E-state index is 0.0427. The van der Waals surface area contributed by atoms with E-state index in [2.05, 4.69) is 20.8 Å². The van der Waals surface area contributed by atoms with Gasteiger partial charge in [0.2, 0.25) is 0 Å². The maximum atomic E-state index is 12.6. The molecule has 0 unspecified atom stereocenters. The molecule has 134 valence electrons. The molecule has 5 heteroatoms. The summed E-state index contributed by atoms with van der Waals surface area (Å²) < 4.78 is 11.1. The monoisotopic (exact) mass is 343 g/mol. The van der Waals surface area contributed by atoms with E-state index in [9.17, 15) is 9.90 Å². The van der Waals surface area contributed by atoms with Crippen molar-refractivity contribution in [1.82, 2.24) is 0 Å². The molecule has 0 saturated heterocycles. The molecule has 2 aliphatic carbocycles. The number of hydrogen-bond donors (Lipinski definition) is 1. The first-order valence-electron chi connectivity index (χ1n) is 8.91. The molecule has 2 fully saturated rings. The molecule has 1 aromatic rings. The molecule has 1 aromatic carbocycles. The van der Waals surface area contributed by atoms with E-state index >= 15 is 0 Å². The van der Waals surface area contributed by atoms with Gasteiger partial charge in [0.1, 0.15) is 18.0 Å². The molecular weight excluding hydrogens is 318 g/mol. The number of rotatable bonds is 3. The van der Waals surface area contributed by atoms with Gasteiger partial charge in [0.25, 0.3) is 0 Å². The fourth-order valence-corrected chi connectivity index (χ4v) is 5.06. The van der Waals surface area contributed by atoms with Crippen LogP contribution in [0.25, 0.3) is 0 Å². The molecule has 5 nitrogen and oxygen atoms in total. The largest absolute Gasteiger partial charge is 0.496 e. The summed E-state index contributed by atoms with van der Waals surface area (Å²) in [4.78, 5) is 17.4. The smallest absolute Gasteiger partial charge is 0.334 e. The Labute approximate surface area is 148 Å². The molecule has 4 rings (SSSR count). The first-order chi connectivity index (χ1) is 11.8. The van der Waals surface area contributed by atoms with Gasteiger partial charge in [-0.05, 0) is 24.3 Å². The molecular formula is C20H25NO4. The first-order valence-corrected chi connectivity index (χ1v) is 8.91. The molecule has 25 heavy (non-hydrogen) atoms. The van der Waals surface area contributed by atoms with Crippen LogP contribution in [-0.2, 0) is 9.53 Å². The highest BCUT2D eigenvalue weighted by Crippen LogP contribution is 2.65. The van der Waals surface area contributed by atoms with Gasteiger partial charge < -0.3 is 14.6 Å². The van der Waals surface area contributed by atoms with Crippen molar-refractivity contribution in [2.75, 3.05) is 7.11 Å². The van der Waals surface area contributed by atoms with Crippen molar-refractivity contribution >= 4 is 11.7 Å². The lowest BCUT2D eigenvalue weighted by molar-refractivity contribution is -0.154. The van der Waals surface area contributed by atoms with Gasteiger partial charge in [-0.25, -0.2) is 4.79 Å². The number of nitrogens with zero attached hydrogens (tertiary/aromatic N) is 1. The molecule has 5 atom stereocenters. The summed E-state index contributed by atoms with van der Waals surface area (Å²) in [6, 6.07) is 6.23. The summed E-state index contributed by atoms with van der Waals surface area (Å²) in [6.07, 6.45) is 0.792. The molecule has 0 spiro atoms. The third kappa shape index (κ3) is 2.05. The van der Waals surface area contributed by atoms with E-state index in [4.69, 9.17) is 14.5 Å². The lowest BCUT2D eigenvalue weighted by Gasteiger charge is -2.37. The van der Waals surface area contributed by atoms with Gasteiger partial charge in [-0.2, -0.15) is 0 Å². The summed E-state index contributed by atoms with van der Waals surface area (Å²) in [5.74, 6) is 0.410. The molecule has 0 amide bonds. The molecule has 1 heterocycles. The second kappa shape index (κ2) is 5.31. The maximum absolute atomic E-state index is 12.6. The lowest BCUT2D eigenvalue weighted by atomic mass is 9.70. The Hall–Kier alpha value is -1.88. The fourth-order valence-electron chi connectivity index (χ4n) is 5.06. The summed E-state index contributed by atoms with van der Waals surface area (Å²) >= 11 is 0. The Balaban J connectivity index is 1.74. The third-order valence-corrected chi connectivity index (χ3v) is 7.02. The Bertz CT molecular complexity index is 756. The molecule has 0 aromatic heterocycles. The Morgan fingerprint density at radius 3 is 2.76 bits per heavy atom. The number of hydrogen-bond acceptors (Lipinski definition) is 5. The lowest BCUT2D eigenvalue weighted by Crippen LogP contribution is -2.46. The van der Waals surface area contributed by atoms with Crippen LogP contribution in [-0.4, -0.2) is 36.0 Å². The summed E-state index contributed by atoms with van der Waals surface area (Å²) in [6.45, 7) is 6.70. The van der Waals surface area contributed by atoms with Crippen LogP contribution < -0.4 is 4.74 Å². The van der Waals surface area contributed by atoms with E-state index < -0.39 is 18.1 Å². The number of aliphatic hydroxyl groups is 1. The second-order valence-electron chi connectivity index (χ2n) is 8.20. The van der Waals surface area contributed by atoms with Crippen LogP contribution in [0.1, 0.15) is 45.3 Å². The quantitative estimate of drug-likeness (QED) is 0.857. The van der Waals surface area contributed by atoms with Crippen LogP contribution in [0.4, 0.5) is 0 Å². The Kier molecular flexibility index (Phi) is 3.52. The van der Waals surface area contributed by atoms with E-state index in [1.165, 1.54) is 0 Å². The van der Waals surface area contributed by atoms with E-state index in [-0.39, 0.29) is 16.9 Å². The van der Waals surface area contributed by atoms with Crippen molar-refractivity contribution in [3.05, 3.63) is 29.8 Å². The Morgan fingerprint density at radius 1 is 1.32 bits per heavy atom. The number of fused-ring (bicyclic) bond motifs is 5. The number of para-hydroxylation sites is 1. The van der Waals surface area contributed by atoms with Gasteiger partial charge in [-0.3, -0.25) is 4.99 Å². The number of ether oxygens (including phenoxy) is 2. The minimum Gasteiger partial charge on any atom is -0.496 e. The number of methoxy groups -OCH3 is 1. The first kappa shape index (κ1) is 16.6. The van der Waals surface area contributed by atoms with Crippen LogP contribution in [0.2, 0.25) is 0 Å². The van der Waals surface area contributed by atoms with Crippen LogP contribution in [0.3, 0.4) is 0 Å². The normalized spacial score (nSPS) is 36.4. The maximum Gasteiger partial charge on any atom is 0.334 e. The highest BCUT2D eigenvalue weighted by atomic mass is 16.6. The van der Waals surface area contributed by atoms with E-state index in [0.717, 1.165) is 18.6 Å². The zero-order valence-corrected chi connectivity index (χ0v) is 15.2. The predicted molar refractivity (Wildman–Crippen MR) is 93.7 cm³/mol. The summed E-state index contributed by atoms with van der Waals surface area (Å²) in [5, 5.41) is 10.8. The van der Waals surface area contributed by atoms with Crippen molar-refractivity contribution in [2.45, 2.75) is 51.9 Å². The van der Waals surface area contributed by atoms with Crippen molar-refractivity contribution in [3.63, 3.8) is 0 Å². The van der Waals surface area contributed by atoms with E-state index in [0.29, 0.717) is 17.2 Å². The van der Waals surface area contributed by atoms with Gasteiger partial charge in [0, 0.05) is 16.9 Å². The summed E-state index contributed by atoms with van der Waals surface area (Å²) in [5.41, 5.74) is 1.47. The minimum atomic E-state index is -1.08. The zero-order chi connectivity index (χ0) is 18.0. The number of benzene rings is 1. The Morgan fingerprint density at radius 2 is 2.04 bits per heavy atom. The molecule has 0 radical (unpaired) electrons. The fraction of sp³-hybridized carbons (Fsp3) is 0.600. The number of esters is 1. The zero-order valence-electron chi connectivity index (χ0n) is 15.2. The molecule has 2 saturated carbocycles. The third-order valence-electron chi connectivity index (χ3n) is 7.02. The van der Waals surface area contributed by atoms with Gasteiger partial charge >= 0.3 is 5.97 Å². The van der Waals surface area contributed by atoms with Crippen LogP contribution in [0.5, 0.6) is 5.75 Å². The van der Waals surface area contributed by atoms with E-state index in [1.54, 1.807) is 19.2 Å². The highest BCUT2D eigenvalue weighted by Gasteiger charge is 2.67. The average molecular weight is 343 g/mol. The van der Waals surface area contributed by atoms with Crippen molar-refractivity contribution < 1.29 is 19.4 Å². The van der Waals surface area contributed by atoms with Gasteiger partial charge in [-0.15, -0.1) is 0 Å². The van der Waals surface area contributed by atoms with Crippen molar-refractivity contribution in [1.29, 1.82) is 0 Å². The second-order valence-corrected chi connectivity index (χ2v) is 8.20. The molecule has 1 aliphatic heterocycles. The van der Waals surface area contributed by atoms with Crippen molar-refractivity contribution in [3.8, 4) is 5.75 Å².